The third kappa shape index (κ3) is 4.85. The van der Waals surface area contributed by atoms with Crippen molar-refractivity contribution in [3.63, 3.8) is 0 Å². The minimum absolute atomic E-state index is 0.0302. The highest BCUT2D eigenvalue weighted by Crippen LogP contribution is 2.34. The van der Waals surface area contributed by atoms with Gasteiger partial charge in [-0.3, -0.25) is 9.59 Å². The number of aromatic amines is 1. The largest absolute Gasteiger partial charge is 0.422 e. The Bertz CT molecular complexity index is 1120. The molecule has 0 aliphatic carbocycles. The van der Waals surface area contributed by atoms with Crippen molar-refractivity contribution in [1.82, 2.24) is 15.3 Å². The van der Waals surface area contributed by atoms with Crippen molar-refractivity contribution in [2.24, 2.45) is 5.92 Å². The van der Waals surface area contributed by atoms with E-state index in [0.717, 1.165) is 10.9 Å². The molecule has 0 radical (unpaired) electrons. The summed E-state index contributed by atoms with van der Waals surface area (Å²) in [4.78, 5) is 31.6. The standard InChI is InChI=1S/C21H19F3N4O3/c22-21(23,24)15-9-17(31-20(30)14-3-5-25-10-14)19(27-11-15)28-18(29)8-12-1-2-13-4-6-26-16(13)7-12/h1-2,4,6-7,9,11,14,25-26H,3,5,8,10H2,(H,27,28,29)/t14-/m1/s1. The molecule has 0 bridgehead atoms. The van der Waals surface area contributed by atoms with Gasteiger partial charge in [-0.05, 0) is 42.1 Å². The number of fused-ring (bicyclic) bond motifs is 1. The number of anilines is 1. The average molecular weight is 432 g/mol. The van der Waals surface area contributed by atoms with Gasteiger partial charge in [0.05, 0.1) is 17.9 Å². The zero-order valence-corrected chi connectivity index (χ0v) is 16.3. The van der Waals surface area contributed by atoms with E-state index in [2.05, 4.69) is 20.6 Å². The summed E-state index contributed by atoms with van der Waals surface area (Å²) in [6, 6.07) is 8.01. The highest BCUT2D eigenvalue weighted by Gasteiger charge is 2.33. The van der Waals surface area contributed by atoms with Crippen molar-refractivity contribution in [2.45, 2.75) is 19.0 Å². The van der Waals surface area contributed by atoms with Gasteiger partial charge in [-0.25, -0.2) is 4.98 Å². The molecular formula is C21H19F3N4O3. The van der Waals surface area contributed by atoms with E-state index in [1.54, 1.807) is 12.3 Å². The fourth-order valence-corrected chi connectivity index (χ4v) is 3.39. The predicted molar refractivity (Wildman–Crippen MR) is 106 cm³/mol. The van der Waals surface area contributed by atoms with Gasteiger partial charge in [0, 0.05) is 24.5 Å². The van der Waals surface area contributed by atoms with Crippen LogP contribution in [0.1, 0.15) is 17.5 Å². The van der Waals surface area contributed by atoms with E-state index in [1.807, 2.05) is 18.2 Å². The summed E-state index contributed by atoms with van der Waals surface area (Å²) in [6.07, 6.45) is -1.81. The molecule has 1 aliphatic heterocycles. The molecular weight excluding hydrogens is 413 g/mol. The Morgan fingerprint density at radius 3 is 2.81 bits per heavy atom. The molecule has 1 aromatic carbocycles. The van der Waals surface area contributed by atoms with Crippen molar-refractivity contribution < 1.29 is 27.5 Å². The molecule has 0 unspecified atom stereocenters. The maximum absolute atomic E-state index is 13.1. The zero-order valence-electron chi connectivity index (χ0n) is 16.3. The van der Waals surface area contributed by atoms with Crippen LogP contribution in [0.4, 0.5) is 19.0 Å². The van der Waals surface area contributed by atoms with E-state index in [0.29, 0.717) is 37.3 Å². The Balaban J connectivity index is 1.53. The summed E-state index contributed by atoms with van der Waals surface area (Å²) >= 11 is 0. The average Bonchev–Trinajstić information content (AvgIpc) is 3.40. The second-order valence-electron chi connectivity index (χ2n) is 7.30. The third-order valence-electron chi connectivity index (χ3n) is 5.03. The molecule has 1 saturated heterocycles. The van der Waals surface area contributed by atoms with Crippen molar-refractivity contribution in [3.05, 3.63) is 53.9 Å². The number of aromatic nitrogens is 2. The SMILES string of the molecule is O=C(Cc1ccc2cc[nH]c2c1)Nc1ncc(C(F)(F)F)cc1OC(=O)[C@@H]1CCNC1. The van der Waals surface area contributed by atoms with E-state index < -0.39 is 35.3 Å². The first-order valence-electron chi connectivity index (χ1n) is 9.65. The van der Waals surface area contributed by atoms with Crippen molar-refractivity contribution in [2.75, 3.05) is 18.4 Å². The van der Waals surface area contributed by atoms with E-state index >= 15 is 0 Å². The van der Waals surface area contributed by atoms with Gasteiger partial charge in [-0.1, -0.05) is 12.1 Å². The van der Waals surface area contributed by atoms with Crippen LogP contribution in [0, 0.1) is 5.92 Å². The van der Waals surface area contributed by atoms with Crippen LogP contribution in [0.2, 0.25) is 0 Å². The Hall–Kier alpha value is -3.40. The molecule has 1 amide bonds. The Labute approximate surface area is 175 Å². The summed E-state index contributed by atoms with van der Waals surface area (Å²) in [6.45, 7) is 1.00. The highest BCUT2D eigenvalue weighted by atomic mass is 19.4. The summed E-state index contributed by atoms with van der Waals surface area (Å²) in [5.41, 5.74) is 0.489. The summed E-state index contributed by atoms with van der Waals surface area (Å²) in [5.74, 6) is -2.31. The number of ether oxygens (including phenoxy) is 1. The summed E-state index contributed by atoms with van der Waals surface area (Å²) < 4.78 is 44.5. The molecule has 1 atom stereocenters. The molecule has 3 heterocycles. The number of rotatable bonds is 5. The minimum Gasteiger partial charge on any atom is -0.422 e. The van der Waals surface area contributed by atoms with E-state index in [1.165, 1.54) is 0 Å². The molecule has 4 rings (SSSR count). The lowest BCUT2D eigenvalue weighted by atomic mass is 10.1. The fourth-order valence-electron chi connectivity index (χ4n) is 3.39. The number of nitrogens with zero attached hydrogens (tertiary/aromatic N) is 1. The lowest BCUT2D eigenvalue weighted by Crippen LogP contribution is -2.24. The molecule has 162 valence electrons. The number of nitrogens with one attached hydrogen (secondary N) is 3. The van der Waals surface area contributed by atoms with Crippen molar-refractivity contribution >= 4 is 28.6 Å². The van der Waals surface area contributed by atoms with Crippen LogP contribution in [0.15, 0.2) is 42.7 Å². The second-order valence-corrected chi connectivity index (χ2v) is 7.30. The van der Waals surface area contributed by atoms with Gasteiger partial charge >= 0.3 is 12.1 Å². The Kier molecular flexibility index (Phi) is 5.64. The topological polar surface area (TPSA) is 96.1 Å². The van der Waals surface area contributed by atoms with Crippen molar-refractivity contribution in [3.8, 4) is 5.75 Å². The predicted octanol–water partition coefficient (Wildman–Crippen LogP) is 3.28. The number of hydrogen-bond acceptors (Lipinski definition) is 5. The molecule has 3 aromatic rings. The number of pyridine rings is 1. The number of H-pyrrole nitrogens is 1. The number of carbonyl (C=O) groups is 2. The van der Waals surface area contributed by atoms with Crippen LogP contribution in [-0.2, 0) is 22.2 Å². The van der Waals surface area contributed by atoms with Gasteiger partial charge in [-0.15, -0.1) is 0 Å². The van der Waals surface area contributed by atoms with Crippen LogP contribution in [0.5, 0.6) is 5.75 Å². The number of esters is 1. The lowest BCUT2D eigenvalue weighted by molar-refractivity contribution is -0.140. The molecule has 1 fully saturated rings. The molecule has 2 aromatic heterocycles. The first-order valence-corrected chi connectivity index (χ1v) is 9.65. The van der Waals surface area contributed by atoms with Gasteiger partial charge in [-0.2, -0.15) is 13.2 Å². The van der Waals surface area contributed by atoms with Gasteiger partial charge in [0.2, 0.25) is 5.91 Å². The zero-order chi connectivity index (χ0) is 22.0. The molecule has 0 spiro atoms. The van der Waals surface area contributed by atoms with Crippen LogP contribution < -0.4 is 15.4 Å². The van der Waals surface area contributed by atoms with Gasteiger partial charge in [0.1, 0.15) is 0 Å². The molecule has 10 heteroatoms. The Morgan fingerprint density at radius 1 is 1.23 bits per heavy atom. The van der Waals surface area contributed by atoms with Gasteiger partial charge < -0.3 is 20.4 Å². The van der Waals surface area contributed by atoms with E-state index in [4.69, 9.17) is 4.74 Å². The number of alkyl halides is 3. The van der Waals surface area contributed by atoms with E-state index in [-0.39, 0.29) is 12.2 Å². The van der Waals surface area contributed by atoms with Gasteiger partial charge in [0.25, 0.3) is 0 Å². The number of hydrogen-bond donors (Lipinski definition) is 3. The lowest BCUT2D eigenvalue weighted by Gasteiger charge is -2.15. The fraction of sp³-hybridized carbons (Fsp3) is 0.286. The Morgan fingerprint density at radius 2 is 2.06 bits per heavy atom. The maximum Gasteiger partial charge on any atom is 0.418 e. The number of halogens is 3. The quantitative estimate of drug-likeness (QED) is 0.538. The van der Waals surface area contributed by atoms with Crippen LogP contribution >= 0.6 is 0 Å². The highest BCUT2D eigenvalue weighted by molar-refractivity contribution is 5.94. The minimum atomic E-state index is -4.67. The first-order chi connectivity index (χ1) is 14.8. The molecule has 3 N–H and O–H groups in total. The molecule has 0 saturated carbocycles. The molecule has 1 aliphatic rings. The number of carbonyl (C=O) groups excluding carboxylic acids is 2. The third-order valence-corrected chi connectivity index (χ3v) is 5.03. The second kappa shape index (κ2) is 8.38. The smallest absolute Gasteiger partial charge is 0.418 e. The molecule has 31 heavy (non-hydrogen) atoms. The van der Waals surface area contributed by atoms with Crippen LogP contribution in [0.3, 0.4) is 0 Å². The molecule has 7 nitrogen and oxygen atoms in total. The number of amides is 1. The summed E-state index contributed by atoms with van der Waals surface area (Å²) in [5, 5.41) is 6.44. The monoisotopic (exact) mass is 432 g/mol. The number of benzene rings is 1. The van der Waals surface area contributed by atoms with Crippen molar-refractivity contribution in [1.29, 1.82) is 0 Å². The van der Waals surface area contributed by atoms with E-state index in [9.17, 15) is 22.8 Å². The van der Waals surface area contributed by atoms with Gasteiger partial charge in [0.15, 0.2) is 11.6 Å². The van der Waals surface area contributed by atoms with Crippen LogP contribution in [0.25, 0.3) is 10.9 Å². The first kappa shape index (κ1) is 20.9. The summed E-state index contributed by atoms with van der Waals surface area (Å²) in [7, 11) is 0. The maximum atomic E-state index is 13.1. The normalized spacial score (nSPS) is 16.4. The van der Waals surface area contributed by atoms with Crippen LogP contribution in [-0.4, -0.2) is 34.9 Å².